The number of benzene rings is 3. The molecule has 0 radical (unpaired) electrons. The van der Waals surface area contributed by atoms with Crippen LogP contribution < -0.4 is 9.46 Å². The van der Waals surface area contributed by atoms with E-state index in [4.69, 9.17) is 0 Å². The molecule has 0 aliphatic heterocycles. The van der Waals surface area contributed by atoms with Gasteiger partial charge >= 0.3 is 5.69 Å². The van der Waals surface area contributed by atoms with E-state index >= 15 is 0 Å². The SMILES string of the molecule is O=C(/C=C/c1ccc2ccccc2c1)c1c[n+]([O-])c2ccccc2[n+]1[O-]. The fourth-order valence-electron chi connectivity index (χ4n) is 2.92. The van der Waals surface area contributed by atoms with Crippen molar-refractivity contribution in [3.8, 4) is 0 Å². The normalized spacial score (nSPS) is 11.4. The topological polar surface area (TPSA) is 71.0 Å². The Labute approximate surface area is 149 Å². The first kappa shape index (κ1) is 15.8. The Balaban J connectivity index is 1.70. The molecule has 0 aliphatic carbocycles. The average Bonchev–Trinajstić information content (AvgIpc) is 2.68. The van der Waals surface area contributed by atoms with E-state index in [9.17, 15) is 15.2 Å². The molecule has 0 fully saturated rings. The molecule has 0 spiro atoms. The summed E-state index contributed by atoms with van der Waals surface area (Å²) >= 11 is 0. The van der Waals surface area contributed by atoms with E-state index in [1.165, 1.54) is 18.2 Å². The maximum Gasteiger partial charge on any atom is 0.330 e. The van der Waals surface area contributed by atoms with Gasteiger partial charge in [-0.15, -0.1) is 0 Å². The number of rotatable bonds is 3. The molecular weight excluding hydrogens is 328 g/mol. The van der Waals surface area contributed by atoms with E-state index in [1.807, 2.05) is 42.5 Å². The van der Waals surface area contributed by atoms with Gasteiger partial charge in [-0.3, -0.25) is 4.79 Å². The lowest BCUT2D eigenvalue weighted by Gasteiger charge is -2.05. The lowest BCUT2D eigenvalue weighted by atomic mass is 10.1. The minimum atomic E-state index is -0.525. The van der Waals surface area contributed by atoms with Gasteiger partial charge in [0.25, 0.3) is 23.0 Å². The third-order valence-electron chi connectivity index (χ3n) is 4.25. The summed E-state index contributed by atoms with van der Waals surface area (Å²) in [5.41, 5.74) is 1.01. The number of para-hydroxylation sites is 2. The summed E-state index contributed by atoms with van der Waals surface area (Å²) in [6.45, 7) is 0. The smallest absolute Gasteiger partial charge is 0.330 e. The quantitative estimate of drug-likeness (QED) is 0.248. The van der Waals surface area contributed by atoms with Gasteiger partial charge in [-0.25, -0.2) is 0 Å². The van der Waals surface area contributed by atoms with E-state index in [0.29, 0.717) is 9.46 Å². The molecule has 0 aliphatic rings. The molecule has 0 bridgehead atoms. The van der Waals surface area contributed by atoms with Crippen molar-refractivity contribution in [3.63, 3.8) is 0 Å². The minimum absolute atomic E-state index is 0.160. The van der Waals surface area contributed by atoms with E-state index in [-0.39, 0.29) is 16.7 Å². The first-order valence-corrected chi connectivity index (χ1v) is 8.09. The van der Waals surface area contributed by atoms with Gasteiger partial charge in [-0.2, -0.15) is 9.46 Å². The van der Waals surface area contributed by atoms with Crippen molar-refractivity contribution in [1.29, 1.82) is 0 Å². The van der Waals surface area contributed by atoms with Gasteiger partial charge in [-0.1, -0.05) is 54.6 Å². The van der Waals surface area contributed by atoms with Gasteiger partial charge in [0.15, 0.2) is 0 Å². The molecule has 0 unspecified atom stereocenters. The molecular formula is C21H14N2O3. The molecule has 0 N–H and O–H groups in total. The molecule has 1 aromatic heterocycles. The van der Waals surface area contributed by atoms with Gasteiger partial charge in [0, 0.05) is 12.1 Å². The summed E-state index contributed by atoms with van der Waals surface area (Å²) in [4.78, 5) is 12.4. The van der Waals surface area contributed by atoms with Crippen LogP contribution in [-0.2, 0) is 0 Å². The third-order valence-corrected chi connectivity index (χ3v) is 4.25. The summed E-state index contributed by atoms with van der Waals surface area (Å²) in [6, 6.07) is 20.1. The Morgan fingerprint density at radius 1 is 0.846 bits per heavy atom. The fourth-order valence-corrected chi connectivity index (χ4v) is 2.92. The Bertz CT molecular complexity index is 1180. The molecule has 0 amide bonds. The molecule has 3 aromatic carbocycles. The molecule has 4 rings (SSSR count). The molecule has 1 heterocycles. The van der Waals surface area contributed by atoms with E-state index in [2.05, 4.69) is 0 Å². The summed E-state index contributed by atoms with van der Waals surface area (Å²) in [5.74, 6) is -0.525. The molecule has 5 heteroatoms. The van der Waals surface area contributed by atoms with Crippen molar-refractivity contribution in [1.82, 2.24) is 0 Å². The van der Waals surface area contributed by atoms with Crippen LogP contribution >= 0.6 is 0 Å². The van der Waals surface area contributed by atoms with Crippen molar-refractivity contribution < 1.29 is 14.3 Å². The van der Waals surface area contributed by atoms with E-state index < -0.39 is 5.78 Å². The standard InChI is InChI=1S/C21H14N2O3/c24-21(12-10-15-9-11-16-5-1-2-6-17(16)13-15)20-14-22(25)18-7-3-4-8-19(18)23(20)26/h1-14H/b12-10+. The first-order valence-electron chi connectivity index (χ1n) is 8.09. The largest absolute Gasteiger partial charge is 0.618 e. The second-order valence-electron chi connectivity index (χ2n) is 5.93. The van der Waals surface area contributed by atoms with Crippen LogP contribution in [0.15, 0.2) is 79.0 Å². The number of hydrogen-bond acceptors (Lipinski definition) is 3. The molecule has 5 nitrogen and oxygen atoms in total. The number of aromatic nitrogens is 2. The number of carbonyl (C=O) groups is 1. The Hall–Kier alpha value is -3.73. The summed E-state index contributed by atoms with van der Waals surface area (Å²) in [6.07, 6.45) is 3.96. The average molecular weight is 342 g/mol. The van der Waals surface area contributed by atoms with Crippen molar-refractivity contribution in [2.45, 2.75) is 0 Å². The zero-order chi connectivity index (χ0) is 18.1. The molecule has 4 aromatic rings. The highest BCUT2D eigenvalue weighted by Crippen LogP contribution is 2.16. The zero-order valence-corrected chi connectivity index (χ0v) is 13.7. The maximum atomic E-state index is 12.4. The van der Waals surface area contributed by atoms with Crippen LogP contribution in [0, 0.1) is 10.4 Å². The van der Waals surface area contributed by atoms with Gasteiger partial charge in [-0.05, 0) is 28.5 Å². The van der Waals surface area contributed by atoms with Crippen LogP contribution in [0.3, 0.4) is 0 Å². The van der Waals surface area contributed by atoms with Gasteiger partial charge in [0.2, 0.25) is 0 Å². The minimum Gasteiger partial charge on any atom is -0.618 e. The summed E-state index contributed by atoms with van der Waals surface area (Å²) < 4.78 is 1.04. The van der Waals surface area contributed by atoms with Crippen molar-refractivity contribution >= 4 is 33.7 Å². The number of fused-ring (bicyclic) bond motifs is 2. The van der Waals surface area contributed by atoms with Crippen molar-refractivity contribution in [3.05, 3.63) is 101 Å². The predicted molar refractivity (Wildman–Crippen MR) is 99.2 cm³/mol. The van der Waals surface area contributed by atoms with Crippen molar-refractivity contribution in [2.75, 3.05) is 0 Å². The Morgan fingerprint density at radius 3 is 2.35 bits per heavy atom. The molecule has 0 saturated carbocycles. The maximum absolute atomic E-state index is 12.4. The molecule has 126 valence electrons. The highest BCUT2D eigenvalue weighted by Gasteiger charge is 2.23. The van der Waals surface area contributed by atoms with E-state index in [0.717, 1.165) is 22.5 Å². The van der Waals surface area contributed by atoms with Crippen LogP contribution in [-0.4, -0.2) is 5.78 Å². The van der Waals surface area contributed by atoms with Crippen LogP contribution in [0.5, 0.6) is 0 Å². The number of nitrogens with zero attached hydrogens (tertiary/aromatic N) is 2. The highest BCUT2D eigenvalue weighted by atomic mass is 16.5. The van der Waals surface area contributed by atoms with Crippen molar-refractivity contribution in [2.24, 2.45) is 0 Å². The zero-order valence-electron chi connectivity index (χ0n) is 13.7. The second kappa shape index (κ2) is 6.29. The number of hydrogen-bond donors (Lipinski definition) is 0. The van der Waals surface area contributed by atoms with Gasteiger partial charge in [0.05, 0.1) is 0 Å². The van der Waals surface area contributed by atoms with Gasteiger partial charge in [0.1, 0.15) is 0 Å². The third kappa shape index (κ3) is 2.75. The first-order chi connectivity index (χ1) is 12.6. The monoisotopic (exact) mass is 342 g/mol. The Morgan fingerprint density at radius 2 is 1.54 bits per heavy atom. The fraction of sp³-hybridized carbons (Fsp3) is 0. The van der Waals surface area contributed by atoms with Gasteiger partial charge < -0.3 is 10.4 Å². The lowest BCUT2D eigenvalue weighted by molar-refractivity contribution is -0.630. The van der Waals surface area contributed by atoms with Crippen LogP contribution in [0.25, 0.3) is 27.9 Å². The van der Waals surface area contributed by atoms with Crippen LogP contribution in [0.4, 0.5) is 0 Å². The molecule has 26 heavy (non-hydrogen) atoms. The van der Waals surface area contributed by atoms with Crippen LogP contribution in [0.2, 0.25) is 0 Å². The molecule has 0 atom stereocenters. The Kier molecular flexibility index (Phi) is 3.82. The van der Waals surface area contributed by atoms with E-state index in [1.54, 1.807) is 18.2 Å². The second-order valence-corrected chi connectivity index (χ2v) is 5.93. The summed E-state index contributed by atoms with van der Waals surface area (Å²) in [7, 11) is 0. The highest BCUT2D eigenvalue weighted by molar-refractivity contribution is 6.04. The predicted octanol–water partition coefficient (Wildman–Crippen LogP) is 3.16. The van der Waals surface area contributed by atoms with Crippen LogP contribution in [0.1, 0.15) is 16.1 Å². The number of ketones is 1. The summed E-state index contributed by atoms with van der Waals surface area (Å²) in [5, 5.41) is 26.6. The number of carbonyl (C=O) groups excluding carboxylic acids is 1. The molecule has 0 saturated heterocycles. The lowest BCUT2D eigenvalue weighted by Crippen LogP contribution is -2.43. The number of allylic oxidation sites excluding steroid dienone is 1.